The molecule has 5 nitrogen and oxygen atoms in total. The molecule has 0 fully saturated rings. The lowest BCUT2D eigenvalue weighted by molar-refractivity contribution is 0.0957. The number of hydrogen-bond acceptors (Lipinski definition) is 4. The Hall–Kier alpha value is -1.69. The zero-order valence-electron chi connectivity index (χ0n) is 8.86. The minimum absolute atomic E-state index is 0.0213. The first-order valence-corrected chi connectivity index (χ1v) is 5.82. The predicted octanol–water partition coefficient (Wildman–Crippen LogP) is 1.15. The summed E-state index contributed by atoms with van der Waals surface area (Å²) < 4.78 is 0. The molecule has 0 saturated carbocycles. The highest BCUT2D eigenvalue weighted by Gasteiger charge is 2.09. The molecule has 0 radical (unpaired) electrons. The standard InChI is InChI=1S/C10H12N4OS/c1-7-3-5-16-9(7)10(15)11-4-2-8-12-6-13-14-8/h3,5-6H,2,4H2,1H3,(H,11,15)(H,12,13,14). The maximum Gasteiger partial charge on any atom is 0.261 e. The largest absolute Gasteiger partial charge is 0.351 e. The number of aryl methyl sites for hydroxylation is 1. The molecule has 84 valence electrons. The van der Waals surface area contributed by atoms with E-state index in [4.69, 9.17) is 0 Å². The zero-order chi connectivity index (χ0) is 11.4. The minimum atomic E-state index is -0.0213. The molecule has 0 aromatic carbocycles. The smallest absolute Gasteiger partial charge is 0.261 e. The van der Waals surface area contributed by atoms with Crippen molar-refractivity contribution in [1.82, 2.24) is 20.5 Å². The summed E-state index contributed by atoms with van der Waals surface area (Å²) in [7, 11) is 0. The third-order valence-corrected chi connectivity index (χ3v) is 3.20. The first kappa shape index (κ1) is 10.8. The molecule has 16 heavy (non-hydrogen) atoms. The third kappa shape index (κ3) is 2.46. The van der Waals surface area contributed by atoms with Gasteiger partial charge in [-0.05, 0) is 23.9 Å². The maximum absolute atomic E-state index is 11.7. The summed E-state index contributed by atoms with van der Waals surface area (Å²) in [6, 6.07) is 1.94. The van der Waals surface area contributed by atoms with Crippen LogP contribution in [0.1, 0.15) is 21.1 Å². The summed E-state index contributed by atoms with van der Waals surface area (Å²) in [6.45, 7) is 2.49. The quantitative estimate of drug-likeness (QED) is 0.836. The molecule has 2 aromatic heterocycles. The summed E-state index contributed by atoms with van der Waals surface area (Å²) in [5.74, 6) is 0.759. The molecule has 0 aliphatic heterocycles. The lowest BCUT2D eigenvalue weighted by Crippen LogP contribution is -2.25. The molecule has 2 N–H and O–H groups in total. The minimum Gasteiger partial charge on any atom is -0.351 e. The van der Waals surface area contributed by atoms with E-state index in [1.54, 1.807) is 0 Å². The van der Waals surface area contributed by atoms with Gasteiger partial charge in [0, 0.05) is 13.0 Å². The number of rotatable bonds is 4. The van der Waals surface area contributed by atoms with E-state index in [1.165, 1.54) is 17.7 Å². The number of amides is 1. The van der Waals surface area contributed by atoms with E-state index in [2.05, 4.69) is 20.5 Å². The average molecular weight is 236 g/mol. The van der Waals surface area contributed by atoms with Crippen molar-refractivity contribution in [2.24, 2.45) is 0 Å². The van der Waals surface area contributed by atoms with Crippen LogP contribution in [0, 0.1) is 6.92 Å². The van der Waals surface area contributed by atoms with Crippen LogP contribution in [-0.4, -0.2) is 27.6 Å². The van der Waals surface area contributed by atoms with Crippen molar-refractivity contribution in [2.75, 3.05) is 6.54 Å². The number of carbonyl (C=O) groups is 1. The monoisotopic (exact) mass is 236 g/mol. The molecule has 6 heteroatoms. The van der Waals surface area contributed by atoms with Gasteiger partial charge in [-0.25, -0.2) is 4.98 Å². The van der Waals surface area contributed by atoms with Crippen molar-refractivity contribution in [3.8, 4) is 0 Å². The molecule has 0 unspecified atom stereocenters. The fourth-order valence-corrected chi connectivity index (χ4v) is 2.17. The van der Waals surface area contributed by atoms with Gasteiger partial charge in [0.25, 0.3) is 5.91 Å². The van der Waals surface area contributed by atoms with Crippen LogP contribution in [0.4, 0.5) is 0 Å². The molecule has 2 aromatic rings. The molecule has 2 heterocycles. The van der Waals surface area contributed by atoms with Crippen molar-refractivity contribution < 1.29 is 4.79 Å². The summed E-state index contributed by atoms with van der Waals surface area (Å²) >= 11 is 1.46. The number of nitrogens with one attached hydrogen (secondary N) is 2. The van der Waals surface area contributed by atoms with Crippen LogP contribution in [0.15, 0.2) is 17.8 Å². The Morgan fingerprint density at radius 1 is 1.62 bits per heavy atom. The SMILES string of the molecule is Cc1ccsc1C(=O)NCCc1ncn[nH]1. The molecule has 0 spiro atoms. The molecule has 0 saturated heterocycles. The van der Waals surface area contributed by atoms with Crippen molar-refractivity contribution in [1.29, 1.82) is 0 Å². The normalized spacial score (nSPS) is 10.3. The number of aromatic amines is 1. The summed E-state index contributed by atoms with van der Waals surface area (Å²) in [5.41, 5.74) is 1.02. The maximum atomic E-state index is 11.7. The second kappa shape index (κ2) is 4.89. The molecule has 0 atom stereocenters. The lowest BCUT2D eigenvalue weighted by atomic mass is 10.3. The highest BCUT2D eigenvalue weighted by atomic mass is 32.1. The predicted molar refractivity (Wildman–Crippen MR) is 61.5 cm³/mol. The Morgan fingerprint density at radius 3 is 3.12 bits per heavy atom. The van der Waals surface area contributed by atoms with Crippen molar-refractivity contribution in [3.05, 3.63) is 34.0 Å². The Kier molecular flexibility index (Phi) is 3.31. The third-order valence-electron chi connectivity index (χ3n) is 2.18. The van der Waals surface area contributed by atoms with Gasteiger partial charge in [-0.15, -0.1) is 11.3 Å². The van der Waals surface area contributed by atoms with Crippen LogP contribution in [0.5, 0.6) is 0 Å². The van der Waals surface area contributed by atoms with Crippen LogP contribution in [-0.2, 0) is 6.42 Å². The molecular weight excluding hydrogens is 224 g/mol. The van der Waals surface area contributed by atoms with E-state index in [0.717, 1.165) is 16.3 Å². The fraction of sp³-hybridized carbons (Fsp3) is 0.300. The molecule has 0 bridgehead atoms. The van der Waals surface area contributed by atoms with E-state index in [-0.39, 0.29) is 5.91 Å². The molecule has 2 rings (SSSR count). The van der Waals surface area contributed by atoms with Crippen LogP contribution in [0.25, 0.3) is 0 Å². The molecular formula is C10H12N4OS. The van der Waals surface area contributed by atoms with Gasteiger partial charge in [-0.1, -0.05) is 0 Å². The Balaban J connectivity index is 1.83. The number of hydrogen-bond donors (Lipinski definition) is 2. The molecule has 0 aliphatic carbocycles. The number of nitrogens with zero attached hydrogens (tertiary/aromatic N) is 2. The number of thiophene rings is 1. The Bertz CT molecular complexity index is 463. The highest BCUT2D eigenvalue weighted by Crippen LogP contribution is 2.14. The van der Waals surface area contributed by atoms with Crippen LogP contribution >= 0.6 is 11.3 Å². The van der Waals surface area contributed by atoms with Crippen molar-refractivity contribution in [2.45, 2.75) is 13.3 Å². The van der Waals surface area contributed by atoms with Gasteiger partial charge in [-0.3, -0.25) is 9.89 Å². The van der Waals surface area contributed by atoms with Crippen LogP contribution < -0.4 is 5.32 Å². The van der Waals surface area contributed by atoms with Gasteiger partial charge in [-0.2, -0.15) is 5.10 Å². The van der Waals surface area contributed by atoms with E-state index < -0.39 is 0 Å². The van der Waals surface area contributed by atoms with Gasteiger partial charge in [0.1, 0.15) is 12.2 Å². The van der Waals surface area contributed by atoms with Gasteiger partial charge in [0.2, 0.25) is 0 Å². The summed E-state index contributed by atoms with van der Waals surface area (Å²) in [4.78, 5) is 16.5. The van der Waals surface area contributed by atoms with Gasteiger partial charge in [0.05, 0.1) is 4.88 Å². The highest BCUT2D eigenvalue weighted by molar-refractivity contribution is 7.12. The Morgan fingerprint density at radius 2 is 2.50 bits per heavy atom. The van der Waals surface area contributed by atoms with Crippen LogP contribution in [0.2, 0.25) is 0 Å². The number of H-pyrrole nitrogens is 1. The number of aromatic nitrogens is 3. The van der Waals surface area contributed by atoms with E-state index in [9.17, 15) is 4.79 Å². The van der Waals surface area contributed by atoms with E-state index >= 15 is 0 Å². The lowest BCUT2D eigenvalue weighted by Gasteiger charge is -2.02. The first-order chi connectivity index (χ1) is 7.77. The van der Waals surface area contributed by atoms with Crippen LogP contribution in [0.3, 0.4) is 0 Å². The molecule has 0 aliphatic rings. The van der Waals surface area contributed by atoms with Crippen molar-refractivity contribution in [3.63, 3.8) is 0 Å². The van der Waals surface area contributed by atoms with Gasteiger partial charge in [0.15, 0.2) is 0 Å². The fourth-order valence-electron chi connectivity index (χ4n) is 1.33. The number of carbonyl (C=O) groups excluding carboxylic acids is 1. The van der Waals surface area contributed by atoms with E-state index in [0.29, 0.717) is 13.0 Å². The second-order valence-electron chi connectivity index (χ2n) is 3.37. The zero-order valence-corrected chi connectivity index (χ0v) is 9.67. The average Bonchev–Trinajstić information content (AvgIpc) is 2.88. The van der Waals surface area contributed by atoms with Gasteiger partial charge >= 0.3 is 0 Å². The second-order valence-corrected chi connectivity index (χ2v) is 4.29. The van der Waals surface area contributed by atoms with E-state index in [1.807, 2.05) is 18.4 Å². The summed E-state index contributed by atoms with van der Waals surface area (Å²) in [5, 5.41) is 11.2. The first-order valence-electron chi connectivity index (χ1n) is 4.94. The van der Waals surface area contributed by atoms with Crippen molar-refractivity contribution >= 4 is 17.2 Å². The summed E-state index contributed by atoms with van der Waals surface area (Å²) in [6.07, 6.45) is 2.12. The van der Waals surface area contributed by atoms with Gasteiger partial charge < -0.3 is 5.32 Å². The Labute approximate surface area is 96.9 Å². The molecule has 1 amide bonds. The topological polar surface area (TPSA) is 70.7 Å².